The molecule has 0 atom stereocenters. The van der Waals surface area contributed by atoms with Crippen LogP contribution in [0.4, 0.5) is 0 Å². The average molecular weight is 339 g/mol. The molecule has 0 spiro atoms. The molecule has 2 rings (SSSR count). The Morgan fingerprint density at radius 1 is 0.810 bits per heavy atom. The average Bonchev–Trinajstić information content (AvgIpc) is 2.49. The van der Waals surface area contributed by atoms with Crippen molar-refractivity contribution in [3.8, 4) is 0 Å². The van der Waals surface area contributed by atoms with E-state index >= 15 is 0 Å². The van der Waals surface area contributed by atoms with Crippen LogP contribution in [0.25, 0.3) is 0 Å². The molecule has 0 heterocycles. The van der Waals surface area contributed by atoms with E-state index in [1.54, 1.807) is 0 Å². The summed E-state index contributed by atoms with van der Waals surface area (Å²) in [6.07, 6.45) is 0.903. The van der Waals surface area contributed by atoms with E-state index in [0.717, 1.165) is 28.6 Å². The van der Waals surface area contributed by atoms with Gasteiger partial charge in [0.1, 0.15) is 0 Å². The van der Waals surface area contributed by atoms with Gasteiger partial charge in [-0.15, -0.1) is 0 Å². The molecule has 2 nitrogen and oxygen atoms in total. The van der Waals surface area contributed by atoms with Gasteiger partial charge in [-0.05, 0) is 54.0 Å². The predicted octanol–water partition coefficient (Wildman–Crippen LogP) is 4.20. The highest BCUT2D eigenvalue weighted by atomic mass is 35.5. The summed E-state index contributed by atoms with van der Waals surface area (Å²) < 4.78 is 0. The monoisotopic (exact) mass is 338 g/mol. The third kappa shape index (κ3) is 5.92. The Kier molecular flexibility index (Phi) is 6.30. The Balaban J connectivity index is 1.67. The molecule has 2 N–H and O–H groups in total. The van der Waals surface area contributed by atoms with Crippen molar-refractivity contribution in [1.29, 1.82) is 0 Å². The standard InChI is InChI=1S/C16H16Cl2N2S/c17-14-5-1-12(2-6-14)9-10-19-16(21)20-11-13-3-7-15(18)8-4-13/h1-8H,9-11H2,(H2,19,20,21). The zero-order valence-electron chi connectivity index (χ0n) is 11.4. The summed E-state index contributed by atoms with van der Waals surface area (Å²) >= 11 is 16.9. The number of nitrogens with one attached hydrogen (secondary N) is 2. The van der Waals surface area contributed by atoms with E-state index in [1.807, 2.05) is 48.5 Å². The first-order valence-electron chi connectivity index (χ1n) is 6.64. The number of halogens is 2. The van der Waals surface area contributed by atoms with Crippen molar-refractivity contribution < 1.29 is 0 Å². The van der Waals surface area contributed by atoms with E-state index in [-0.39, 0.29) is 0 Å². The SMILES string of the molecule is S=C(NCCc1ccc(Cl)cc1)NCc1ccc(Cl)cc1. The Labute approximate surface area is 140 Å². The minimum Gasteiger partial charge on any atom is -0.362 e. The van der Waals surface area contributed by atoms with Crippen LogP contribution in [0.15, 0.2) is 48.5 Å². The normalized spacial score (nSPS) is 10.2. The summed E-state index contributed by atoms with van der Waals surface area (Å²) in [5.41, 5.74) is 2.37. The number of hydrogen-bond donors (Lipinski definition) is 2. The van der Waals surface area contributed by atoms with Crippen LogP contribution in [-0.2, 0) is 13.0 Å². The van der Waals surface area contributed by atoms with Crippen LogP contribution < -0.4 is 10.6 Å². The van der Waals surface area contributed by atoms with Crippen molar-refractivity contribution in [2.24, 2.45) is 0 Å². The third-order valence-electron chi connectivity index (χ3n) is 2.98. The summed E-state index contributed by atoms with van der Waals surface area (Å²) in [6.45, 7) is 1.47. The van der Waals surface area contributed by atoms with Gasteiger partial charge in [-0.3, -0.25) is 0 Å². The third-order valence-corrected chi connectivity index (χ3v) is 3.77. The van der Waals surface area contributed by atoms with Crippen LogP contribution in [0.5, 0.6) is 0 Å². The molecular formula is C16H16Cl2N2S. The maximum absolute atomic E-state index is 5.85. The fraction of sp³-hybridized carbons (Fsp3) is 0.188. The fourth-order valence-electron chi connectivity index (χ4n) is 1.82. The largest absolute Gasteiger partial charge is 0.362 e. The first kappa shape index (κ1) is 16.1. The lowest BCUT2D eigenvalue weighted by Crippen LogP contribution is -2.35. The molecule has 0 aliphatic carbocycles. The molecular weight excluding hydrogens is 323 g/mol. The summed E-state index contributed by atoms with van der Waals surface area (Å²) in [5, 5.41) is 8.51. The molecule has 0 amide bonds. The molecule has 0 aliphatic rings. The van der Waals surface area contributed by atoms with Crippen molar-refractivity contribution in [3.63, 3.8) is 0 Å². The second-order valence-electron chi connectivity index (χ2n) is 4.61. The molecule has 2 aromatic rings. The van der Waals surface area contributed by atoms with Crippen LogP contribution >= 0.6 is 35.4 Å². The van der Waals surface area contributed by atoms with Gasteiger partial charge >= 0.3 is 0 Å². The summed E-state index contributed by atoms with van der Waals surface area (Å²) in [5.74, 6) is 0. The maximum Gasteiger partial charge on any atom is 0.166 e. The van der Waals surface area contributed by atoms with Crippen LogP contribution in [0, 0.1) is 0 Å². The van der Waals surface area contributed by atoms with Gasteiger partial charge in [0.2, 0.25) is 0 Å². The van der Waals surface area contributed by atoms with Crippen LogP contribution in [0.1, 0.15) is 11.1 Å². The number of rotatable bonds is 5. The zero-order valence-corrected chi connectivity index (χ0v) is 13.7. The van der Waals surface area contributed by atoms with E-state index in [2.05, 4.69) is 10.6 Å². The van der Waals surface area contributed by atoms with Gasteiger partial charge < -0.3 is 10.6 Å². The molecule has 0 saturated carbocycles. The van der Waals surface area contributed by atoms with E-state index in [9.17, 15) is 0 Å². The van der Waals surface area contributed by atoms with Crippen molar-refractivity contribution in [2.45, 2.75) is 13.0 Å². The van der Waals surface area contributed by atoms with Gasteiger partial charge in [-0.25, -0.2) is 0 Å². The summed E-state index contributed by atoms with van der Waals surface area (Å²) in [6, 6.07) is 15.5. The smallest absolute Gasteiger partial charge is 0.166 e. The van der Waals surface area contributed by atoms with Crippen molar-refractivity contribution in [3.05, 3.63) is 69.7 Å². The van der Waals surface area contributed by atoms with Gasteiger partial charge in [0, 0.05) is 23.1 Å². The number of hydrogen-bond acceptors (Lipinski definition) is 1. The predicted molar refractivity (Wildman–Crippen MR) is 94.0 cm³/mol. The molecule has 110 valence electrons. The Bertz CT molecular complexity index is 582. The van der Waals surface area contributed by atoms with E-state index in [0.29, 0.717) is 11.7 Å². The molecule has 5 heteroatoms. The molecule has 0 aromatic heterocycles. The van der Waals surface area contributed by atoms with Gasteiger partial charge in [0.05, 0.1) is 0 Å². The van der Waals surface area contributed by atoms with Gasteiger partial charge in [-0.1, -0.05) is 47.5 Å². The highest BCUT2D eigenvalue weighted by molar-refractivity contribution is 7.80. The minimum atomic E-state index is 0.652. The molecule has 0 unspecified atom stereocenters. The lowest BCUT2D eigenvalue weighted by atomic mass is 10.1. The van der Waals surface area contributed by atoms with E-state index < -0.39 is 0 Å². The topological polar surface area (TPSA) is 24.1 Å². The van der Waals surface area contributed by atoms with Crippen molar-refractivity contribution >= 4 is 40.5 Å². The molecule has 0 fully saturated rings. The van der Waals surface area contributed by atoms with Crippen LogP contribution in [-0.4, -0.2) is 11.7 Å². The quantitative estimate of drug-likeness (QED) is 0.799. The van der Waals surface area contributed by atoms with Gasteiger partial charge in [0.25, 0.3) is 0 Å². The van der Waals surface area contributed by atoms with E-state index in [4.69, 9.17) is 35.4 Å². The Morgan fingerprint density at radius 3 is 1.90 bits per heavy atom. The first-order valence-corrected chi connectivity index (χ1v) is 7.80. The summed E-state index contributed by atoms with van der Waals surface area (Å²) in [7, 11) is 0. The second-order valence-corrected chi connectivity index (χ2v) is 5.89. The maximum atomic E-state index is 5.85. The Hall–Kier alpha value is -1.29. The van der Waals surface area contributed by atoms with Crippen molar-refractivity contribution in [1.82, 2.24) is 10.6 Å². The second kappa shape index (κ2) is 8.23. The van der Waals surface area contributed by atoms with E-state index in [1.165, 1.54) is 5.56 Å². The minimum absolute atomic E-state index is 0.652. The lowest BCUT2D eigenvalue weighted by molar-refractivity contribution is 0.815. The molecule has 0 saturated heterocycles. The number of benzene rings is 2. The highest BCUT2D eigenvalue weighted by Gasteiger charge is 1.98. The highest BCUT2D eigenvalue weighted by Crippen LogP contribution is 2.10. The van der Waals surface area contributed by atoms with Gasteiger partial charge in [0.15, 0.2) is 5.11 Å². The van der Waals surface area contributed by atoms with Crippen molar-refractivity contribution in [2.75, 3.05) is 6.54 Å². The fourth-order valence-corrected chi connectivity index (χ4v) is 2.24. The lowest BCUT2D eigenvalue weighted by Gasteiger charge is -2.10. The van der Waals surface area contributed by atoms with Gasteiger partial charge in [-0.2, -0.15) is 0 Å². The molecule has 0 bridgehead atoms. The number of thiocarbonyl (C=S) groups is 1. The Morgan fingerprint density at radius 2 is 1.33 bits per heavy atom. The zero-order chi connectivity index (χ0) is 15.1. The van der Waals surface area contributed by atoms with Crippen LogP contribution in [0.2, 0.25) is 10.0 Å². The molecule has 21 heavy (non-hydrogen) atoms. The molecule has 0 aliphatic heterocycles. The first-order chi connectivity index (χ1) is 10.1. The molecule has 2 aromatic carbocycles. The molecule has 0 radical (unpaired) electrons. The summed E-state index contributed by atoms with van der Waals surface area (Å²) in [4.78, 5) is 0. The van der Waals surface area contributed by atoms with Crippen LogP contribution in [0.3, 0.4) is 0 Å².